The lowest BCUT2D eigenvalue weighted by Crippen LogP contribution is -2.18. The Morgan fingerprint density at radius 1 is 1.07 bits per heavy atom. The molecule has 14 heavy (non-hydrogen) atoms. The molecule has 0 aromatic carbocycles. The Morgan fingerprint density at radius 3 is 2.07 bits per heavy atom. The number of hydrogen-bond donors (Lipinski definition) is 2. The minimum atomic E-state index is -1.16. The molecule has 0 aliphatic heterocycles. The van der Waals surface area contributed by atoms with Crippen molar-refractivity contribution in [2.75, 3.05) is 0 Å². The van der Waals surface area contributed by atoms with E-state index in [1.54, 1.807) is 0 Å². The molecule has 0 aromatic rings. The predicted molar refractivity (Wildman–Crippen MR) is 56.3 cm³/mol. The van der Waals surface area contributed by atoms with E-state index in [1.165, 1.54) is 25.7 Å². The van der Waals surface area contributed by atoms with Gasteiger partial charge >= 0.3 is 5.97 Å². The minimum Gasteiger partial charge on any atom is -0.479 e. The van der Waals surface area contributed by atoms with Gasteiger partial charge in [-0.1, -0.05) is 51.9 Å². The summed E-state index contributed by atoms with van der Waals surface area (Å²) in [6.07, 6.45) is 7.29. The third kappa shape index (κ3) is 8.05. The van der Waals surface area contributed by atoms with Gasteiger partial charge in [0.05, 0.1) is 0 Å². The Balaban J connectivity index is 3.09. The van der Waals surface area contributed by atoms with E-state index in [4.69, 9.17) is 10.2 Å². The van der Waals surface area contributed by atoms with Gasteiger partial charge in [-0.3, -0.25) is 0 Å². The van der Waals surface area contributed by atoms with Crippen molar-refractivity contribution < 1.29 is 15.0 Å². The monoisotopic (exact) mass is 202 g/mol. The van der Waals surface area contributed by atoms with Gasteiger partial charge in [-0.05, 0) is 6.42 Å². The van der Waals surface area contributed by atoms with E-state index >= 15 is 0 Å². The summed E-state index contributed by atoms with van der Waals surface area (Å²) in [4.78, 5) is 10.3. The summed E-state index contributed by atoms with van der Waals surface area (Å²) in [5, 5.41) is 17.4. The quantitative estimate of drug-likeness (QED) is 0.565. The minimum absolute atomic E-state index is 0.392. The first kappa shape index (κ1) is 13.4. The van der Waals surface area contributed by atoms with E-state index in [0.29, 0.717) is 6.42 Å². The van der Waals surface area contributed by atoms with Crippen molar-refractivity contribution in [1.29, 1.82) is 0 Å². The summed E-state index contributed by atoms with van der Waals surface area (Å²) in [5.74, 6) is -1.10. The van der Waals surface area contributed by atoms with Crippen LogP contribution < -0.4 is 0 Å². The normalized spacial score (nSPS) is 12.7. The van der Waals surface area contributed by atoms with Gasteiger partial charge in [0.1, 0.15) is 0 Å². The van der Waals surface area contributed by atoms with Crippen LogP contribution in [0.2, 0.25) is 0 Å². The van der Waals surface area contributed by atoms with Gasteiger partial charge in [0.25, 0.3) is 0 Å². The average molecular weight is 202 g/mol. The van der Waals surface area contributed by atoms with Crippen LogP contribution in [0.5, 0.6) is 0 Å². The number of unbranched alkanes of at least 4 members (excludes halogenated alkanes) is 6. The van der Waals surface area contributed by atoms with Gasteiger partial charge in [-0.25, -0.2) is 4.79 Å². The first-order valence-electron chi connectivity index (χ1n) is 5.59. The Hall–Kier alpha value is -0.570. The maximum Gasteiger partial charge on any atom is 0.332 e. The fourth-order valence-electron chi connectivity index (χ4n) is 1.42. The molecular weight excluding hydrogens is 180 g/mol. The molecule has 84 valence electrons. The summed E-state index contributed by atoms with van der Waals surface area (Å²) in [5.41, 5.74) is 0. The van der Waals surface area contributed by atoms with Crippen LogP contribution in [0.25, 0.3) is 0 Å². The molecule has 0 aliphatic carbocycles. The molecule has 0 radical (unpaired) electrons. The van der Waals surface area contributed by atoms with E-state index in [-0.39, 0.29) is 0 Å². The van der Waals surface area contributed by atoms with Crippen LogP contribution in [0, 0.1) is 0 Å². The van der Waals surface area contributed by atoms with Gasteiger partial charge in [0.15, 0.2) is 6.10 Å². The lowest BCUT2D eigenvalue weighted by Gasteiger charge is -2.04. The summed E-state index contributed by atoms with van der Waals surface area (Å²) < 4.78 is 0. The van der Waals surface area contributed by atoms with Crippen molar-refractivity contribution in [1.82, 2.24) is 0 Å². The molecule has 0 fully saturated rings. The molecule has 0 bridgehead atoms. The van der Waals surface area contributed by atoms with E-state index < -0.39 is 12.1 Å². The van der Waals surface area contributed by atoms with Gasteiger partial charge < -0.3 is 10.2 Å². The second-order valence-corrected chi connectivity index (χ2v) is 3.76. The maximum atomic E-state index is 10.3. The van der Waals surface area contributed by atoms with Crippen LogP contribution in [0.1, 0.15) is 58.3 Å². The first-order chi connectivity index (χ1) is 6.68. The highest BCUT2D eigenvalue weighted by molar-refractivity contribution is 5.71. The number of carboxylic acid groups (broad SMARTS) is 1. The number of aliphatic hydroxyl groups excluding tert-OH is 1. The Bertz CT molecular complexity index is 145. The molecule has 2 N–H and O–H groups in total. The summed E-state index contributed by atoms with van der Waals surface area (Å²) >= 11 is 0. The summed E-state index contributed by atoms with van der Waals surface area (Å²) in [7, 11) is 0. The molecule has 0 spiro atoms. The first-order valence-corrected chi connectivity index (χ1v) is 5.59. The molecule has 0 saturated heterocycles. The molecule has 3 nitrogen and oxygen atoms in total. The molecule has 0 saturated carbocycles. The average Bonchev–Trinajstić information content (AvgIpc) is 2.16. The number of aliphatic hydroxyl groups is 1. The van der Waals surface area contributed by atoms with Gasteiger partial charge in [0.2, 0.25) is 0 Å². The molecular formula is C11H22O3. The molecule has 1 atom stereocenters. The van der Waals surface area contributed by atoms with Crippen molar-refractivity contribution in [3.63, 3.8) is 0 Å². The Labute approximate surface area is 86.1 Å². The van der Waals surface area contributed by atoms with E-state index in [9.17, 15) is 4.79 Å². The molecule has 0 amide bonds. The smallest absolute Gasteiger partial charge is 0.332 e. The number of carboxylic acids is 1. The van der Waals surface area contributed by atoms with Crippen LogP contribution in [0.15, 0.2) is 0 Å². The van der Waals surface area contributed by atoms with Crippen LogP contribution in [-0.2, 0) is 4.79 Å². The van der Waals surface area contributed by atoms with Crippen LogP contribution >= 0.6 is 0 Å². The van der Waals surface area contributed by atoms with Gasteiger partial charge in [0, 0.05) is 0 Å². The third-order valence-electron chi connectivity index (χ3n) is 2.37. The molecule has 0 heterocycles. The number of hydrogen-bond acceptors (Lipinski definition) is 2. The highest BCUT2D eigenvalue weighted by atomic mass is 16.4. The predicted octanol–water partition coefficient (Wildman–Crippen LogP) is 2.57. The zero-order valence-electron chi connectivity index (χ0n) is 9.04. The van der Waals surface area contributed by atoms with Crippen LogP contribution in [0.3, 0.4) is 0 Å². The Kier molecular flexibility index (Phi) is 8.64. The lowest BCUT2D eigenvalue weighted by atomic mass is 10.1. The van der Waals surface area contributed by atoms with E-state index in [0.717, 1.165) is 19.3 Å². The zero-order valence-corrected chi connectivity index (χ0v) is 9.04. The molecule has 0 unspecified atom stereocenters. The van der Waals surface area contributed by atoms with E-state index in [2.05, 4.69) is 6.92 Å². The molecule has 3 heteroatoms. The van der Waals surface area contributed by atoms with Crippen molar-refractivity contribution in [3.05, 3.63) is 0 Å². The van der Waals surface area contributed by atoms with Gasteiger partial charge in [-0.15, -0.1) is 0 Å². The van der Waals surface area contributed by atoms with Crippen LogP contribution in [0.4, 0.5) is 0 Å². The van der Waals surface area contributed by atoms with Crippen molar-refractivity contribution in [3.8, 4) is 0 Å². The number of carbonyl (C=O) groups is 1. The van der Waals surface area contributed by atoms with Crippen LogP contribution in [-0.4, -0.2) is 22.3 Å². The van der Waals surface area contributed by atoms with E-state index in [1.807, 2.05) is 0 Å². The number of aliphatic carboxylic acids is 1. The van der Waals surface area contributed by atoms with Crippen molar-refractivity contribution in [2.45, 2.75) is 64.4 Å². The molecule has 0 aromatic heterocycles. The Morgan fingerprint density at radius 2 is 1.57 bits per heavy atom. The number of rotatable bonds is 9. The fourth-order valence-corrected chi connectivity index (χ4v) is 1.42. The highest BCUT2D eigenvalue weighted by Crippen LogP contribution is 2.09. The van der Waals surface area contributed by atoms with Crippen molar-refractivity contribution >= 4 is 5.97 Å². The maximum absolute atomic E-state index is 10.3. The largest absolute Gasteiger partial charge is 0.479 e. The lowest BCUT2D eigenvalue weighted by molar-refractivity contribution is -0.146. The summed E-state index contributed by atoms with van der Waals surface area (Å²) in [6, 6.07) is 0. The van der Waals surface area contributed by atoms with Crippen molar-refractivity contribution in [2.24, 2.45) is 0 Å². The standard InChI is InChI=1S/C11H22O3/c1-2-3-4-5-6-7-8-9-10(12)11(13)14/h10,12H,2-9H2,1H3,(H,13,14)/t10-/m1/s1. The SMILES string of the molecule is CCCCCCCCC[C@@H](O)C(=O)O. The highest BCUT2D eigenvalue weighted by Gasteiger charge is 2.11. The molecule has 0 rings (SSSR count). The zero-order chi connectivity index (χ0) is 10.8. The second-order valence-electron chi connectivity index (χ2n) is 3.76. The second kappa shape index (κ2) is 9.00. The van der Waals surface area contributed by atoms with Gasteiger partial charge in [-0.2, -0.15) is 0 Å². The topological polar surface area (TPSA) is 57.5 Å². The fraction of sp³-hybridized carbons (Fsp3) is 0.909. The molecule has 0 aliphatic rings. The summed E-state index contributed by atoms with van der Waals surface area (Å²) in [6.45, 7) is 2.18. The third-order valence-corrected chi connectivity index (χ3v) is 2.37.